The van der Waals surface area contributed by atoms with E-state index in [-0.39, 0.29) is 5.56 Å². The van der Waals surface area contributed by atoms with Crippen LogP contribution in [-0.2, 0) is 0 Å². The van der Waals surface area contributed by atoms with Crippen LogP contribution < -0.4 is 11.0 Å². The van der Waals surface area contributed by atoms with Crippen molar-refractivity contribution in [1.82, 2.24) is 9.97 Å². The molecule has 0 aliphatic rings. The second kappa shape index (κ2) is 5.67. The van der Waals surface area contributed by atoms with Crippen molar-refractivity contribution in [1.29, 1.82) is 0 Å². The molecule has 0 saturated heterocycles. The molecule has 19 heavy (non-hydrogen) atoms. The maximum absolute atomic E-state index is 11.5. The Morgan fingerprint density at radius 3 is 2.79 bits per heavy atom. The Kier molecular flexibility index (Phi) is 3.97. The first kappa shape index (κ1) is 13.3. The molecule has 0 saturated carbocycles. The van der Waals surface area contributed by atoms with Crippen molar-refractivity contribution in [2.45, 2.75) is 13.8 Å². The Morgan fingerprint density at radius 1 is 1.37 bits per heavy atom. The van der Waals surface area contributed by atoms with E-state index >= 15 is 0 Å². The van der Waals surface area contributed by atoms with Gasteiger partial charge >= 0.3 is 0 Å². The Balaban J connectivity index is 2.15. The third kappa shape index (κ3) is 3.20. The van der Waals surface area contributed by atoms with E-state index in [9.17, 15) is 4.79 Å². The molecule has 1 aromatic carbocycles. The number of hydrazone groups is 1. The number of aromatic nitrogens is 2. The van der Waals surface area contributed by atoms with E-state index < -0.39 is 0 Å². The van der Waals surface area contributed by atoms with E-state index in [1.807, 2.05) is 18.2 Å². The van der Waals surface area contributed by atoms with Crippen molar-refractivity contribution < 1.29 is 0 Å². The van der Waals surface area contributed by atoms with Crippen LogP contribution in [0.15, 0.2) is 34.2 Å². The number of hydrogen-bond donors (Lipinski definition) is 2. The molecule has 0 spiro atoms. The summed E-state index contributed by atoms with van der Waals surface area (Å²) in [5.74, 6) is 0.302. The number of benzene rings is 1. The predicted octanol–water partition coefficient (Wildman–Crippen LogP) is 2.49. The number of rotatable bonds is 3. The molecule has 0 radical (unpaired) electrons. The number of nitrogens with one attached hydrogen (secondary N) is 2. The minimum absolute atomic E-state index is 0.272. The van der Waals surface area contributed by atoms with Crippen LogP contribution >= 0.6 is 11.6 Å². The zero-order valence-corrected chi connectivity index (χ0v) is 11.3. The summed E-state index contributed by atoms with van der Waals surface area (Å²) in [5, 5.41) is 4.60. The summed E-state index contributed by atoms with van der Waals surface area (Å²) in [5.41, 5.74) is 4.54. The number of aromatic amines is 1. The van der Waals surface area contributed by atoms with E-state index in [1.165, 1.54) is 0 Å². The Bertz CT molecular complexity index is 679. The summed E-state index contributed by atoms with van der Waals surface area (Å²) in [6.45, 7) is 3.53. The second-order valence-electron chi connectivity index (χ2n) is 4.03. The van der Waals surface area contributed by atoms with Crippen LogP contribution in [0.25, 0.3) is 0 Å². The van der Waals surface area contributed by atoms with Crippen LogP contribution in [0.4, 0.5) is 5.95 Å². The van der Waals surface area contributed by atoms with E-state index in [0.717, 1.165) is 11.3 Å². The zero-order chi connectivity index (χ0) is 13.8. The van der Waals surface area contributed by atoms with E-state index in [0.29, 0.717) is 16.5 Å². The molecule has 0 aliphatic heterocycles. The maximum atomic E-state index is 11.5. The number of aryl methyl sites for hydroxylation is 1. The molecule has 0 unspecified atom stereocenters. The summed E-state index contributed by atoms with van der Waals surface area (Å²) in [7, 11) is 0. The normalized spacial score (nSPS) is 10.9. The summed E-state index contributed by atoms with van der Waals surface area (Å²) in [6, 6.07) is 7.32. The van der Waals surface area contributed by atoms with Crippen molar-refractivity contribution >= 4 is 23.8 Å². The lowest BCUT2D eigenvalue weighted by Crippen LogP contribution is -2.15. The van der Waals surface area contributed by atoms with Crippen LogP contribution in [0.5, 0.6) is 0 Å². The third-order valence-electron chi connectivity index (χ3n) is 2.68. The Hall–Kier alpha value is -2.14. The Labute approximate surface area is 115 Å². The molecule has 0 atom stereocenters. The standard InChI is InChI=1S/C13H13ClN4O/c1-8-9(2)16-13(17-12(8)19)18-15-7-10-5-3-4-6-11(10)14/h3-7H,1-2H3,(H2,16,17,18,19). The van der Waals surface area contributed by atoms with Gasteiger partial charge in [0.2, 0.25) is 5.95 Å². The molecule has 0 aliphatic carbocycles. The summed E-state index contributed by atoms with van der Waals surface area (Å²) in [6.07, 6.45) is 1.57. The first-order valence-electron chi connectivity index (χ1n) is 5.69. The van der Waals surface area contributed by atoms with Gasteiger partial charge in [0.25, 0.3) is 5.56 Å². The average Bonchev–Trinajstić information content (AvgIpc) is 2.38. The molecular formula is C13H13ClN4O. The lowest BCUT2D eigenvalue weighted by atomic mass is 10.2. The molecule has 2 aromatic rings. The van der Waals surface area contributed by atoms with Crippen molar-refractivity contribution in [3.05, 3.63) is 56.5 Å². The van der Waals surface area contributed by atoms with Gasteiger partial charge in [0.15, 0.2) is 0 Å². The molecule has 5 nitrogen and oxygen atoms in total. The molecule has 2 rings (SSSR count). The molecule has 1 heterocycles. The van der Waals surface area contributed by atoms with Gasteiger partial charge in [0.05, 0.1) is 6.21 Å². The average molecular weight is 277 g/mol. The highest BCUT2D eigenvalue weighted by Gasteiger charge is 2.02. The van der Waals surface area contributed by atoms with Gasteiger partial charge in [-0.05, 0) is 19.9 Å². The van der Waals surface area contributed by atoms with Gasteiger partial charge in [-0.25, -0.2) is 5.43 Å². The van der Waals surface area contributed by atoms with Crippen molar-refractivity contribution in [3.8, 4) is 0 Å². The van der Waals surface area contributed by atoms with Gasteiger partial charge in [-0.2, -0.15) is 10.1 Å². The Morgan fingerprint density at radius 2 is 2.11 bits per heavy atom. The van der Waals surface area contributed by atoms with Crippen LogP contribution in [0.2, 0.25) is 5.02 Å². The van der Waals surface area contributed by atoms with Gasteiger partial charge in [0.1, 0.15) is 0 Å². The fraction of sp³-hybridized carbons (Fsp3) is 0.154. The second-order valence-corrected chi connectivity index (χ2v) is 4.44. The summed E-state index contributed by atoms with van der Waals surface area (Å²) < 4.78 is 0. The van der Waals surface area contributed by atoms with Gasteiger partial charge in [0, 0.05) is 21.8 Å². The van der Waals surface area contributed by atoms with Gasteiger partial charge in [-0.1, -0.05) is 29.8 Å². The fourth-order valence-electron chi connectivity index (χ4n) is 1.44. The fourth-order valence-corrected chi connectivity index (χ4v) is 1.63. The van der Waals surface area contributed by atoms with Crippen molar-refractivity contribution in [2.24, 2.45) is 5.10 Å². The third-order valence-corrected chi connectivity index (χ3v) is 3.03. The highest BCUT2D eigenvalue weighted by molar-refractivity contribution is 6.33. The molecule has 0 bridgehead atoms. The highest BCUT2D eigenvalue weighted by Crippen LogP contribution is 2.12. The quantitative estimate of drug-likeness (QED) is 0.668. The number of anilines is 1. The number of hydrogen-bond acceptors (Lipinski definition) is 4. The molecule has 1 aromatic heterocycles. The van der Waals surface area contributed by atoms with Crippen LogP contribution in [0.1, 0.15) is 16.8 Å². The van der Waals surface area contributed by atoms with E-state index in [4.69, 9.17) is 11.6 Å². The predicted molar refractivity (Wildman–Crippen MR) is 77.0 cm³/mol. The van der Waals surface area contributed by atoms with E-state index in [2.05, 4.69) is 20.5 Å². The maximum Gasteiger partial charge on any atom is 0.277 e. The van der Waals surface area contributed by atoms with Crippen LogP contribution in [0.3, 0.4) is 0 Å². The minimum atomic E-state index is -0.272. The SMILES string of the molecule is Cc1[nH]c(NN=Cc2ccccc2Cl)nc(=O)c1C. The van der Waals surface area contributed by atoms with Crippen LogP contribution in [0, 0.1) is 13.8 Å². The first-order chi connectivity index (χ1) is 9.08. The first-order valence-corrected chi connectivity index (χ1v) is 6.07. The largest absolute Gasteiger partial charge is 0.328 e. The zero-order valence-electron chi connectivity index (χ0n) is 10.6. The molecule has 6 heteroatoms. The molecule has 0 fully saturated rings. The molecule has 0 amide bonds. The molecule has 2 N–H and O–H groups in total. The minimum Gasteiger partial charge on any atom is -0.328 e. The van der Waals surface area contributed by atoms with Gasteiger partial charge in [-0.3, -0.25) is 4.79 Å². The van der Waals surface area contributed by atoms with Crippen LogP contribution in [-0.4, -0.2) is 16.2 Å². The monoisotopic (exact) mass is 276 g/mol. The number of H-pyrrole nitrogens is 1. The topological polar surface area (TPSA) is 70.1 Å². The van der Waals surface area contributed by atoms with Crippen molar-refractivity contribution in [2.75, 3.05) is 5.43 Å². The number of halogens is 1. The highest BCUT2D eigenvalue weighted by atomic mass is 35.5. The molecule has 98 valence electrons. The van der Waals surface area contributed by atoms with E-state index in [1.54, 1.807) is 26.1 Å². The summed E-state index contributed by atoms with van der Waals surface area (Å²) >= 11 is 5.98. The lowest BCUT2D eigenvalue weighted by Gasteiger charge is -2.03. The van der Waals surface area contributed by atoms with Gasteiger partial charge in [-0.15, -0.1) is 0 Å². The molecular weight excluding hydrogens is 264 g/mol. The van der Waals surface area contributed by atoms with Crippen molar-refractivity contribution in [3.63, 3.8) is 0 Å². The van der Waals surface area contributed by atoms with Gasteiger partial charge < -0.3 is 4.98 Å². The summed E-state index contributed by atoms with van der Waals surface area (Å²) in [4.78, 5) is 18.3. The lowest BCUT2D eigenvalue weighted by molar-refractivity contribution is 1.01. The number of nitrogens with zero attached hydrogens (tertiary/aromatic N) is 2. The smallest absolute Gasteiger partial charge is 0.277 e.